The van der Waals surface area contributed by atoms with Crippen molar-refractivity contribution in [3.63, 3.8) is 0 Å². The van der Waals surface area contributed by atoms with Crippen LogP contribution in [0, 0.1) is 0 Å². The van der Waals surface area contributed by atoms with Crippen LogP contribution in [-0.4, -0.2) is 258 Å². The maximum Gasteiger partial charge on any atom is 3.00 e. The van der Waals surface area contributed by atoms with Gasteiger partial charge in [-0.3, -0.25) is 0 Å². The molecule has 390 valence electrons. The van der Waals surface area contributed by atoms with Crippen LogP contribution in [0.25, 0.3) is 64.9 Å². The van der Waals surface area contributed by atoms with Crippen molar-refractivity contribution in [2.45, 2.75) is 0 Å². The van der Waals surface area contributed by atoms with E-state index in [9.17, 15) is 0 Å². The molecule has 0 aliphatic rings. The third kappa shape index (κ3) is 104000. The minimum Gasteiger partial charge on any atom is -0.753 e. The van der Waals surface area contributed by atoms with Crippen molar-refractivity contribution in [3.05, 3.63) is 64.9 Å². The van der Waals surface area contributed by atoms with E-state index in [1.165, 1.54) is 61.9 Å². The molecule has 18 nitrogen and oxygen atoms in total. The van der Waals surface area contributed by atoms with Gasteiger partial charge in [0.1, 0.15) is 0 Å². The Labute approximate surface area is 499 Å². The van der Waals surface area contributed by atoms with Gasteiger partial charge in [0.15, 0.2) is 0 Å². The Morgan fingerprint density at radius 3 is 0.162 bits per heavy atom. The van der Waals surface area contributed by atoms with Crippen molar-refractivity contribution in [2.24, 2.45) is 0 Å². The zero-order chi connectivity index (χ0) is 59.5. The van der Waals surface area contributed by atoms with E-state index in [0.29, 0.717) is 0 Å². The molecule has 2 radical (unpaired) electrons. The maximum atomic E-state index is 7.13. The van der Waals surface area contributed by atoms with E-state index in [2.05, 4.69) is 316 Å². The monoisotopic (exact) mass is 1240 g/mol. The third-order valence-electron chi connectivity index (χ3n) is 0. The van der Waals surface area contributed by atoms with Crippen LogP contribution < -0.4 is 0 Å². The van der Waals surface area contributed by atoms with E-state index in [4.69, 9.17) is 64.9 Å². The number of nitrogens with zero attached hydrogens (tertiary/aromatic N) is 18. The number of hydrogen-bond donors (Lipinski definition) is 0. The fourth-order valence-electron chi connectivity index (χ4n) is 0. The molecule has 0 atom stereocenters. The summed E-state index contributed by atoms with van der Waals surface area (Å²) in [5.74, 6) is 0. The summed E-state index contributed by atoms with van der Waals surface area (Å²) in [4.78, 5) is 0. The topological polar surface area (TPSA) is 268 Å². The summed E-state index contributed by atoms with van der Waals surface area (Å²) < 4.78 is 6.00. The van der Waals surface area contributed by atoms with Crippen LogP contribution in [0.2, 0.25) is 0 Å². The Morgan fingerprint density at radius 1 is 0.162 bits per heavy atom. The van der Waals surface area contributed by atoms with Crippen molar-refractivity contribution in [3.8, 4) is 0 Å². The van der Waals surface area contributed by atoms with Crippen molar-refractivity contribution in [1.29, 1.82) is 0 Å². The molecule has 0 rings (SSSR count). The summed E-state index contributed by atoms with van der Waals surface area (Å²) in [6, 6.07) is 0. The smallest absolute Gasteiger partial charge is 0.753 e. The zero-order valence-electron chi connectivity index (χ0n) is 43.8. The summed E-state index contributed by atoms with van der Waals surface area (Å²) in [6.07, 6.45) is 0. The van der Waals surface area contributed by atoms with Crippen LogP contribution in [0.15, 0.2) is 0 Å². The third-order valence-corrected chi connectivity index (χ3v) is 0. The molecule has 32 heteroatoms. The molecule has 0 aliphatic carbocycles. The number of hydrogen-bond acceptors (Lipinski definition) is 12. The number of thiocarbonyl (C=S) groups is 12. The predicted octanol–water partition coefficient (Wildman–Crippen LogP) is 9.83. The first-order chi connectivity index (χ1) is 29.0. The van der Waals surface area contributed by atoms with Crippen LogP contribution >= 0.6 is 147 Å². The Hall–Kier alpha value is -1.58. The zero-order valence-corrected chi connectivity index (χ0v) is 56.1. The van der Waals surface area contributed by atoms with Gasteiger partial charge in [0.05, 0.1) is 169 Å². The Morgan fingerprint density at radius 2 is 0.162 bits per heavy atom. The van der Waals surface area contributed by atoms with Crippen LogP contribution in [0.1, 0.15) is 0 Å². The van der Waals surface area contributed by atoms with Gasteiger partial charge in [0.2, 0.25) is 0 Å². The van der Waals surface area contributed by atoms with E-state index < -0.39 is 0 Å². The summed E-state index contributed by atoms with van der Waals surface area (Å²) in [6.45, 7) is 0. The fourth-order valence-corrected chi connectivity index (χ4v) is 0. The fraction of sp³-hybridized carbons (Fsp3) is 0.667. The second kappa shape index (κ2) is 126. The largest absolute Gasteiger partial charge is 3.00 e. The number of isothiocyanates is 12. The van der Waals surface area contributed by atoms with Crippen molar-refractivity contribution in [1.82, 2.24) is 0 Å². The summed E-state index contributed by atoms with van der Waals surface area (Å²) in [5, 5.41) is 102. The van der Waals surface area contributed by atoms with Crippen LogP contribution in [0.5, 0.6) is 0 Å². The average Bonchev–Trinajstić information content (AvgIpc) is 2.97. The second-order valence-electron chi connectivity index (χ2n) is 17.2. The molecule has 0 N–H and O–H groups in total. The van der Waals surface area contributed by atoms with E-state index in [0.717, 1.165) is 26.9 Å². The molecule has 0 unspecified atom stereocenters. The first kappa shape index (κ1) is 132. The number of rotatable bonds is 0. The quantitative estimate of drug-likeness (QED) is 0.125. The maximum absolute atomic E-state index is 7.13. The summed E-state index contributed by atoms with van der Waals surface area (Å²) in [7, 11) is 51.0. The molecule has 0 aromatic rings. The van der Waals surface area contributed by atoms with Gasteiger partial charge in [-0.2, -0.15) is 61.9 Å². The normalized spacial score (nSPS) is 6.71. The minimum atomic E-state index is 0. The predicted molar refractivity (Wildman–Crippen MR) is 335 cm³/mol. The van der Waals surface area contributed by atoms with Crippen molar-refractivity contribution < 1.29 is 61.6 Å². The van der Waals surface area contributed by atoms with Gasteiger partial charge in [-0.1, -0.05) is 147 Å². The molecule has 0 spiro atoms. The first-order valence-electron chi connectivity index (χ1n) is 15.9. The van der Waals surface area contributed by atoms with Gasteiger partial charge in [0.25, 0.3) is 0 Å². The summed E-state index contributed by atoms with van der Waals surface area (Å²) >= 11 is 44.4. The van der Waals surface area contributed by atoms with Crippen LogP contribution in [0.3, 0.4) is 0 Å². The molecule has 0 aromatic carbocycles. The van der Waals surface area contributed by atoms with Crippen LogP contribution in [0.4, 0.5) is 0 Å². The first-order valence-corrected chi connectivity index (χ1v) is 20.8. The average molecular weight is 1250 g/mol. The Balaban J connectivity index is -0.0000000200. The molecule has 0 heterocycles. The second-order valence-corrected chi connectivity index (χ2v) is 19.4. The molecule has 68 heavy (non-hydrogen) atoms. The van der Waals surface area contributed by atoms with E-state index in [1.807, 2.05) is 0 Å². The van der Waals surface area contributed by atoms with Crippen molar-refractivity contribution in [2.75, 3.05) is 169 Å². The van der Waals surface area contributed by atoms with Crippen LogP contribution in [-0.2, 0) is 34.7 Å². The molecule has 0 amide bonds. The van der Waals surface area contributed by atoms with E-state index >= 15 is 0 Å². The van der Waals surface area contributed by atoms with Gasteiger partial charge in [0, 0.05) is 0 Å². The molecular formula is C36H72Cr2N18S12. The van der Waals surface area contributed by atoms with Gasteiger partial charge < -0.3 is 91.8 Å². The van der Waals surface area contributed by atoms with Gasteiger partial charge >= 0.3 is 34.7 Å². The molecule has 0 bridgehead atoms. The minimum absolute atomic E-state index is 0. The number of quaternary nitrogens is 6. The van der Waals surface area contributed by atoms with Gasteiger partial charge in [-0.15, -0.1) is 0 Å². The Bertz CT molecular complexity index is 1000. The Kier molecular flexibility index (Phi) is 244. The summed E-state index contributed by atoms with van der Waals surface area (Å²) in [5.41, 5.74) is 0. The molecule has 0 saturated carbocycles. The SMILES string of the molecule is C[N+](C)(C)C.C[N+](C)(C)C.C[N+](C)(C)C.C[N+](C)(C)C.C[N+](C)(C)C.C[N+](C)(C)C.[Cr+3].[Cr+3].[N-]=C=S.[N-]=C=S.[N-]=C=S.[N-]=C=S.[N-]=C=S.[N-]=C=S.[N-]=C=S.[N-]=C=S.[N-]=C=S.[N-]=C=S.[N-]=C=S.[N-]=C=S. The van der Waals surface area contributed by atoms with E-state index in [-0.39, 0.29) is 34.7 Å². The molecule has 0 saturated heterocycles. The molecular weight excluding hydrogens is 1170 g/mol. The van der Waals surface area contributed by atoms with Gasteiger partial charge in [-0.25, -0.2) is 0 Å². The van der Waals surface area contributed by atoms with E-state index in [1.54, 1.807) is 0 Å². The molecule has 0 aromatic heterocycles. The van der Waals surface area contributed by atoms with Crippen molar-refractivity contribution >= 4 is 209 Å². The molecule has 0 aliphatic heterocycles. The van der Waals surface area contributed by atoms with Gasteiger partial charge in [-0.05, 0) is 0 Å². The standard InChI is InChI=1S/6C4H12N.12CNS.2Cr/c6*1-5(2,3)4;12*2-1-3;;/h6*1-4H3;;;;;;;;;;;;;;/q6*+1;12*-1;2*+3. The molecule has 0 fully saturated rings.